The van der Waals surface area contributed by atoms with Gasteiger partial charge in [0, 0.05) is 18.1 Å². The number of rotatable bonds is 4. The topological polar surface area (TPSA) is 65.8 Å². The van der Waals surface area contributed by atoms with Crippen molar-refractivity contribution in [2.45, 2.75) is 13.3 Å². The number of aliphatic hydroxyl groups is 1. The van der Waals surface area contributed by atoms with E-state index in [2.05, 4.69) is 9.98 Å². The lowest BCUT2D eigenvalue weighted by Crippen LogP contribution is -2.29. The Kier molecular flexibility index (Phi) is 4.73. The Balaban J connectivity index is 1.84. The van der Waals surface area contributed by atoms with Crippen LogP contribution in [0.15, 0.2) is 46.4 Å². The molecular formula is C17H17N3O2S. The van der Waals surface area contributed by atoms with Gasteiger partial charge < -0.3 is 10.0 Å². The zero-order chi connectivity index (χ0) is 16.2. The first-order valence-corrected chi connectivity index (χ1v) is 8.26. The lowest BCUT2D eigenvalue weighted by atomic mass is 10.1. The highest BCUT2D eigenvalue weighted by Gasteiger charge is 2.25. The van der Waals surface area contributed by atoms with Crippen LogP contribution in [0, 0.1) is 0 Å². The third kappa shape index (κ3) is 3.43. The number of pyridine rings is 1. The third-order valence-corrected chi connectivity index (χ3v) is 4.51. The van der Waals surface area contributed by atoms with E-state index < -0.39 is 0 Å². The zero-order valence-corrected chi connectivity index (χ0v) is 13.6. The first-order valence-electron chi connectivity index (χ1n) is 7.44. The smallest absolute Gasteiger partial charge is 0.286 e. The van der Waals surface area contributed by atoms with Gasteiger partial charge in [-0.25, -0.2) is 0 Å². The number of aliphatic hydroxyl groups excluding tert-OH is 1. The van der Waals surface area contributed by atoms with Crippen molar-refractivity contribution in [2.24, 2.45) is 4.99 Å². The molecule has 1 aromatic heterocycles. The Morgan fingerprint density at radius 1 is 1.35 bits per heavy atom. The summed E-state index contributed by atoms with van der Waals surface area (Å²) in [5, 5.41) is 11.0. The Morgan fingerprint density at radius 2 is 2.22 bits per heavy atom. The number of nitrogens with zero attached hydrogens (tertiary/aromatic N) is 3. The maximum Gasteiger partial charge on any atom is 0.286 e. The van der Waals surface area contributed by atoms with Crippen LogP contribution in [0.5, 0.6) is 0 Å². The Hall–Kier alpha value is -2.18. The number of benzene rings is 1. The lowest BCUT2D eigenvalue weighted by Gasteiger charge is -2.19. The quantitative estimate of drug-likeness (QED) is 0.691. The van der Waals surface area contributed by atoms with E-state index in [4.69, 9.17) is 0 Å². The number of carbonyl (C=O) groups is 1. The van der Waals surface area contributed by atoms with E-state index in [0.29, 0.717) is 16.6 Å². The highest BCUT2D eigenvalue weighted by Crippen LogP contribution is 2.30. The Bertz CT molecular complexity index is 801. The summed E-state index contributed by atoms with van der Waals surface area (Å²) < 4.78 is 0. The molecule has 0 spiro atoms. The second kappa shape index (κ2) is 6.93. The van der Waals surface area contributed by atoms with Crippen LogP contribution in [0.1, 0.15) is 18.9 Å². The molecular weight excluding hydrogens is 310 g/mol. The standard InChI is InChI=1S/C17H17N3O2S/c1-2-8-20(11-21)17-19-16(22)15(23-17)10-12-5-6-14-13(9-12)4-3-7-18-14/h3-7,9-10,21H,2,8,11H2,1H3/b15-10-. The summed E-state index contributed by atoms with van der Waals surface area (Å²) in [7, 11) is 0. The van der Waals surface area contributed by atoms with E-state index in [-0.39, 0.29) is 12.6 Å². The minimum Gasteiger partial charge on any atom is -0.376 e. The highest BCUT2D eigenvalue weighted by molar-refractivity contribution is 8.18. The number of hydrogen-bond donors (Lipinski definition) is 1. The average Bonchev–Trinajstić information content (AvgIpc) is 2.93. The molecule has 0 bridgehead atoms. The van der Waals surface area contributed by atoms with E-state index in [0.717, 1.165) is 22.9 Å². The molecule has 0 aliphatic carbocycles. The molecule has 1 N–H and O–H groups in total. The van der Waals surface area contributed by atoms with Crippen LogP contribution in [0.25, 0.3) is 17.0 Å². The molecule has 0 saturated carbocycles. The average molecular weight is 327 g/mol. The van der Waals surface area contributed by atoms with Gasteiger partial charge in [-0.1, -0.05) is 19.1 Å². The molecule has 2 aromatic rings. The molecule has 1 aromatic carbocycles. The molecule has 0 unspecified atom stereocenters. The van der Waals surface area contributed by atoms with Crippen LogP contribution in [-0.2, 0) is 4.79 Å². The van der Waals surface area contributed by atoms with Crippen molar-refractivity contribution in [3.05, 3.63) is 47.0 Å². The van der Waals surface area contributed by atoms with Gasteiger partial charge in [-0.15, -0.1) is 0 Å². The zero-order valence-electron chi connectivity index (χ0n) is 12.8. The van der Waals surface area contributed by atoms with E-state index in [9.17, 15) is 9.90 Å². The second-order valence-electron chi connectivity index (χ2n) is 5.17. The molecule has 23 heavy (non-hydrogen) atoms. The predicted octanol–water partition coefficient (Wildman–Crippen LogP) is 2.87. The van der Waals surface area contributed by atoms with Gasteiger partial charge in [0.2, 0.25) is 0 Å². The summed E-state index contributed by atoms with van der Waals surface area (Å²) in [6.45, 7) is 2.55. The SMILES string of the molecule is CCCN(CO)C1=NC(=O)/C(=C/c2ccc3ncccc3c2)S1. The van der Waals surface area contributed by atoms with Crippen molar-refractivity contribution >= 4 is 39.8 Å². The second-order valence-corrected chi connectivity index (χ2v) is 6.18. The predicted molar refractivity (Wildman–Crippen MR) is 93.8 cm³/mol. The van der Waals surface area contributed by atoms with Gasteiger partial charge in [0.15, 0.2) is 5.17 Å². The van der Waals surface area contributed by atoms with Gasteiger partial charge >= 0.3 is 0 Å². The molecule has 0 radical (unpaired) electrons. The van der Waals surface area contributed by atoms with Crippen molar-refractivity contribution in [3.8, 4) is 0 Å². The Labute approximate surface area is 138 Å². The number of amides is 1. The first kappa shape index (κ1) is 15.7. The van der Waals surface area contributed by atoms with Gasteiger partial charge in [0.05, 0.1) is 10.4 Å². The van der Waals surface area contributed by atoms with E-state index >= 15 is 0 Å². The number of thioether (sulfide) groups is 1. The molecule has 3 rings (SSSR count). The number of aliphatic imine (C=N–C) groups is 1. The molecule has 0 atom stereocenters. The minimum atomic E-state index is -0.258. The maximum absolute atomic E-state index is 12.1. The van der Waals surface area contributed by atoms with E-state index in [1.807, 2.05) is 43.3 Å². The molecule has 1 aliphatic heterocycles. The molecule has 6 heteroatoms. The molecule has 1 aliphatic rings. The molecule has 1 amide bonds. The summed E-state index contributed by atoms with van der Waals surface area (Å²) in [6, 6.07) is 9.75. The largest absolute Gasteiger partial charge is 0.376 e. The van der Waals surface area contributed by atoms with Gasteiger partial charge in [-0.3, -0.25) is 9.78 Å². The van der Waals surface area contributed by atoms with Crippen LogP contribution < -0.4 is 0 Å². The molecule has 2 heterocycles. The number of aromatic nitrogens is 1. The third-order valence-electron chi connectivity index (χ3n) is 3.47. The van der Waals surface area contributed by atoms with Crippen molar-refractivity contribution in [1.82, 2.24) is 9.88 Å². The summed E-state index contributed by atoms with van der Waals surface area (Å²) in [4.78, 5) is 22.7. The monoisotopic (exact) mass is 327 g/mol. The summed E-state index contributed by atoms with van der Waals surface area (Å²) in [6.07, 6.45) is 4.47. The van der Waals surface area contributed by atoms with Crippen molar-refractivity contribution in [2.75, 3.05) is 13.3 Å². The van der Waals surface area contributed by atoms with Gasteiger partial charge in [-0.2, -0.15) is 4.99 Å². The van der Waals surface area contributed by atoms with Crippen LogP contribution in [0.2, 0.25) is 0 Å². The number of amidine groups is 1. The van der Waals surface area contributed by atoms with Crippen LogP contribution in [0.4, 0.5) is 0 Å². The van der Waals surface area contributed by atoms with Crippen molar-refractivity contribution in [3.63, 3.8) is 0 Å². The van der Waals surface area contributed by atoms with E-state index in [1.165, 1.54) is 11.8 Å². The molecule has 0 saturated heterocycles. The number of carbonyl (C=O) groups excluding carboxylic acids is 1. The lowest BCUT2D eigenvalue weighted by molar-refractivity contribution is -0.113. The fourth-order valence-corrected chi connectivity index (χ4v) is 3.30. The Morgan fingerprint density at radius 3 is 3.00 bits per heavy atom. The van der Waals surface area contributed by atoms with Gasteiger partial charge in [-0.05, 0) is 48.0 Å². The molecule has 0 fully saturated rings. The summed E-state index contributed by atoms with van der Waals surface area (Å²) in [5.41, 5.74) is 1.86. The van der Waals surface area contributed by atoms with Gasteiger partial charge in [0.1, 0.15) is 6.73 Å². The number of hydrogen-bond acceptors (Lipinski definition) is 5. The highest BCUT2D eigenvalue weighted by atomic mass is 32.2. The summed E-state index contributed by atoms with van der Waals surface area (Å²) >= 11 is 1.30. The van der Waals surface area contributed by atoms with Gasteiger partial charge in [0.25, 0.3) is 5.91 Å². The van der Waals surface area contributed by atoms with Crippen molar-refractivity contribution in [1.29, 1.82) is 0 Å². The molecule has 5 nitrogen and oxygen atoms in total. The fourth-order valence-electron chi connectivity index (χ4n) is 2.37. The van der Waals surface area contributed by atoms with Crippen LogP contribution >= 0.6 is 11.8 Å². The fraction of sp³-hybridized carbons (Fsp3) is 0.235. The van der Waals surface area contributed by atoms with Crippen LogP contribution in [0.3, 0.4) is 0 Å². The number of fused-ring (bicyclic) bond motifs is 1. The molecule has 118 valence electrons. The van der Waals surface area contributed by atoms with E-state index in [1.54, 1.807) is 11.1 Å². The van der Waals surface area contributed by atoms with Crippen molar-refractivity contribution < 1.29 is 9.90 Å². The minimum absolute atomic E-state index is 0.137. The maximum atomic E-state index is 12.1. The first-order chi connectivity index (χ1) is 11.2. The van der Waals surface area contributed by atoms with Crippen LogP contribution in [-0.4, -0.2) is 39.3 Å². The summed E-state index contributed by atoms with van der Waals surface area (Å²) in [5.74, 6) is -0.258. The normalized spacial score (nSPS) is 16.2.